The van der Waals surface area contributed by atoms with Gasteiger partial charge in [-0.1, -0.05) is 0 Å². The Kier molecular flexibility index (Phi) is 2.52. The molecule has 3 nitrogen and oxygen atoms in total. The summed E-state index contributed by atoms with van der Waals surface area (Å²) in [6.07, 6.45) is 1.78. The molecule has 11 heavy (non-hydrogen) atoms. The molecule has 0 bridgehead atoms. The third-order valence-electron chi connectivity index (χ3n) is 2.10. The van der Waals surface area contributed by atoms with Gasteiger partial charge in [0.2, 0.25) is 0 Å². The van der Waals surface area contributed by atoms with Crippen LogP contribution in [-0.4, -0.2) is 29.5 Å². The van der Waals surface area contributed by atoms with Gasteiger partial charge in [0.25, 0.3) is 0 Å². The molecule has 1 aliphatic rings. The molecule has 1 rings (SSSR count). The SMILES string of the molecule is CC(C)(O)C1CCC(N)CO1. The molecule has 1 saturated heterocycles. The summed E-state index contributed by atoms with van der Waals surface area (Å²) < 4.78 is 5.38. The Balaban J connectivity index is 2.39. The Labute approximate surface area is 67.5 Å². The Morgan fingerprint density at radius 3 is 2.45 bits per heavy atom. The molecule has 3 heteroatoms. The predicted octanol–water partition coefficient (Wildman–Crippen LogP) is 0.264. The fraction of sp³-hybridized carbons (Fsp3) is 1.00. The van der Waals surface area contributed by atoms with Gasteiger partial charge in [-0.15, -0.1) is 0 Å². The predicted molar refractivity (Wildman–Crippen MR) is 43.2 cm³/mol. The first-order chi connectivity index (χ1) is 5.00. The standard InChI is InChI=1S/C8H17NO2/c1-8(2,10)7-4-3-6(9)5-11-7/h6-7,10H,3-5,9H2,1-2H3. The van der Waals surface area contributed by atoms with E-state index >= 15 is 0 Å². The smallest absolute Gasteiger partial charge is 0.0857 e. The average Bonchev–Trinajstić information content (AvgIpc) is 1.86. The highest BCUT2D eigenvalue weighted by Gasteiger charge is 2.31. The maximum atomic E-state index is 9.56. The van der Waals surface area contributed by atoms with Crippen molar-refractivity contribution in [3.63, 3.8) is 0 Å². The van der Waals surface area contributed by atoms with E-state index in [1.807, 2.05) is 0 Å². The van der Waals surface area contributed by atoms with Crippen molar-refractivity contribution < 1.29 is 9.84 Å². The number of hydrogen-bond donors (Lipinski definition) is 2. The van der Waals surface area contributed by atoms with E-state index in [0.29, 0.717) is 6.61 Å². The lowest BCUT2D eigenvalue weighted by Gasteiger charge is -2.34. The maximum absolute atomic E-state index is 9.56. The Hall–Kier alpha value is -0.120. The van der Waals surface area contributed by atoms with Gasteiger partial charge in [0, 0.05) is 6.04 Å². The molecule has 2 unspecified atom stereocenters. The first kappa shape index (κ1) is 8.97. The maximum Gasteiger partial charge on any atom is 0.0857 e. The van der Waals surface area contributed by atoms with Crippen LogP contribution in [0.3, 0.4) is 0 Å². The van der Waals surface area contributed by atoms with Crippen LogP contribution in [0.15, 0.2) is 0 Å². The third kappa shape index (κ3) is 2.43. The van der Waals surface area contributed by atoms with Crippen LogP contribution in [0.25, 0.3) is 0 Å². The highest BCUT2D eigenvalue weighted by Crippen LogP contribution is 2.22. The summed E-state index contributed by atoms with van der Waals surface area (Å²) >= 11 is 0. The molecular formula is C8H17NO2. The molecule has 0 amide bonds. The van der Waals surface area contributed by atoms with Gasteiger partial charge in [0.15, 0.2) is 0 Å². The lowest BCUT2D eigenvalue weighted by Crippen LogP contribution is -2.45. The van der Waals surface area contributed by atoms with Crippen LogP contribution in [0.5, 0.6) is 0 Å². The number of hydrogen-bond acceptors (Lipinski definition) is 3. The molecule has 1 heterocycles. The van der Waals surface area contributed by atoms with Crippen molar-refractivity contribution in [1.29, 1.82) is 0 Å². The minimum absolute atomic E-state index is 0.0395. The average molecular weight is 159 g/mol. The monoisotopic (exact) mass is 159 g/mol. The minimum Gasteiger partial charge on any atom is -0.388 e. The zero-order valence-electron chi connectivity index (χ0n) is 7.21. The first-order valence-corrected chi connectivity index (χ1v) is 4.09. The van der Waals surface area contributed by atoms with Crippen molar-refractivity contribution in [1.82, 2.24) is 0 Å². The molecule has 2 atom stereocenters. The van der Waals surface area contributed by atoms with Crippen LogP contribution in [0.4, 0.5) is 0 Å². The summed E-state index contributed by atoms with van der Waals surface area (Å²) in [7, 11) is 0. The Morgan fingerprint density at radius 2 is 2.09 bits per heavy atom. The Morgan fingerprint density at radius 1 is 1.45 bits per heavy atom. The largest absolute Gasteiger partial charge is 0.388 e. The number of nitrogens with two attached hydrogens (primary N) is 1. The zero-order valence-corrected chi connectivity index (χ0v) is 7.21. The lowest BCUT2D eigenvalue weighted by molar-refractivity contribution is -0.112. The third-order valence-corrected chi connectivity index (χ3v) is 2.10. The minimum atomic E-state index is -0.722. The van der Waals surface area contributed by atoms with Crippen LogP contribution in [0, 0.1) is 0 Å². The van der Waals surface area contributed by atoms with Gasteiger partial charge >= 0.3 is 0 Å². The van der Waals surface area contributed by atoms with Crippen molar-refractivity contribution in [3.8, 4) is 0 Å². The quantitative estimate of drug-likeness (QED) is 0.577. The van der Waals surface area contributed by atoms with E-state index in [-0.39, 0.29) is 12.1 Å². The van der Waals surface area contributed by atoms with Crippen LogP contribution in [0.1, 0.15) is 26.7 Å². The van der Waals surface area contributed by atoms with Crippen molar-refractivity contribution in [3.05, 3.63) is 0 Å². The van der Waals surface area contributed by atoms with Crippen molar-refractivity contribution in [2.45, 2.75) is 44.4 Å². The summed E-state index contributed by atoms with van der Waals surface area (Å²) in [6, 6.07) is 0.161. The van der Waals surface area contributed by atoms with Gasteiger partial charge in [0.05, 0.1) is 18.3 Å². The van der Waals surface area contributed by atoms with Gasteiger partial charge in [-0.25, -0.2) is 0 Å². The van der Waals surface area contributed by atoms with E-state index in [1.54, 1.807) is 13.8 Å². The molecule has 0 aromatic carbocycles. The lowest BCUT2D eigenvalue weighted by atomic mass is 9.93. The van der Waals surface area contributed by atoms with E-state index in [1.165, 1.54) is 0 Å². The summed E-state index contributed by atoms with van der Waals surface area (Å²) in [6.45, 7) is 4.12. The molecule has 0 spiro atoms. The molecule has 0 aromatic heterocycles. The fourth-order valence-corrected chi connectivity index (χ4v) is 1.33. The van der Waals surface area contributed by atoms with E-state index in [0.717, 1.165) is 12.8 Å². The second kappa shape index (κ2) is 3.09. The molecule has 0 aromatic rings. The molecule has 1 fully saturated rings. The summed E-state index contributed by atoms with van der Waals surface area (Å²) in [5, 5.41) is 9.56. The fourth-order valence-electron chi connectivity index (χ4n) is 1.33. The Bertz CT molecular complexity index is 123. The highest BCUT2D eigenvalue weighted by molar-refractivity contribution is 4.83. The number of aliphatic hydroxyl groups is 1. The van der Waals surface area contributed by atoms with Crippen molar-refractivity contribution in [2.75, 3.05) is 6.61 Å². The molecule has 3 N–H and O–H groups in total. The molecule has 0 radical (unpaired) electrons. The summed E-state index contributed by atoms with van der Waals surface area (Å²) in [5.41, 5.74) is 4.91. The zero-order chi connectivity index (χ0) is 8.48. The molecule has 1 aliphatic heterocycles. The van der Waals surface area contributed by atoms with Crippen LogP contribution in [-0.2, 0) is 4.74 Å². The van der Waals surface area contributed by atoms with Gasteiger partial charge in [-0.2, -0.15) is 0 Å². The molecular weight excluding hydrogens is 142 g/mol. The number of ether oxygens (including phenoxy) is 1. The van der Waals surface area contributed by atoms with Crippen molar-refractivity contribution in [2.24, 2.45) is 5.73 Å². The van der Waals surface area contributed by atoms with Crippen LogP contribution < -0.4 is 5.73 Å². The topological polar surface area (TPSA) is 55.5 Å². The van der Waals surface area contributed by atoms with E-state index in [2.05, 4.69) is 0 Å². The van der Waals surface area contributed by atoms with Gasteiger partial charge < -0.3 is 15.6 Å². The highest BCUT2D eigenvalue weighted by atomic mass is 16.5. The first-order valence-electron chi connectivity index (χ1n) is 4.09. The molecule has 0 aliphatic carbocycles. The van der Waals surface area contributed by atoms with Gasteiger partial charge in [-0.05, 0) is 26.7 Å². The van der Waals surface area contributed by atoms with Crippen LogP contribution in [0.2, 0.25) is 0 Å². The van der Waals surface area contributed by atoms with Gasteiger partial charge in [-0.3, -0.25) is 0 Å². The second-order valence-electron chi connectivity index (χ2n) is 3.81. The van der Waals surface area contributed by atoms with Crippen molar-refractivity contribution >= 4 is 0 Å². The molecule has 66 valence electrons. The van der Waals surface area contributed by atoms with E-state index in [4.69, 9.17) is 10.5 Å². The summed E-state index contributed by atoms with van der Waals surface area (Å²) in [4.78, 5) is 0. The van der Waals surface area contributed by atoms with Crippen LogP contribution >= 0.6 is 0 Å². The summed E-state index contributed by atoms with van der Waals surface area (Å²) in [5.74, 6) is 0. The van der Waals surface area contributed by atoms with E-state index in [9.17, 15) is 5.11 Å². The number of rotatable bonds is 1. The van der Waals surface area contributed by atoms with Gasteiger partial charge in [0.1, 0.15) is 0 Å². The molecule has 0 saturated carbocycles. The second-order valence-corrected chi connectivity index (χ2v) is 3.81. The normalized spacial score (nSPS) is 33.8. The van der Waals surface area contributed by atoms with E-state index < -0.39 is 5.60 Å².